The molecule has 0 fully saturated rings. The van der Waals surface area contributed by atoms with Gasteiger partial charge in [0, 0.05) is 13.7 Å². The van der Waals surface area contributed by atoms with Gasteiger partial charge in [0.2, 0.25) is 0 Å². The average molecular weight is 403 g/mol. The third-order valence-electron chi connectivity index (χ3n) is 3.67. The van der Waals surface area contributed by atoms with Crippen molar-refractivity contribution >= 4 is 18.0 Å². The molecule has 29 heavy (non-hydrogen) atoms. The minimum Gasteiger partial charge on any atom is -0.493 e. The molecule has 2 aromatic rings. The Morgan fingerprint density at radius 2 is 1.83 bits per heavy atom. The van der Waals surface area contributed by atoms with Crippen LogP contribution in [0.5, 0.6) is 11.5 Å². The maximum atomic E-state index is 13.0. The molecule has 2 rings (SSSR count). The summed E-state index contributed by atoms with van der Waals surface area (Å²) in [6.45, 7) is 0.777. The van der Waals surface area contributed by atoms with Crippen molar-refractivity contribution in [1.82, 2.24) is 10.7 Å². The number of halogens is 1. The molecule has 0 spiro atoms. The fourth-order valence-electron chi connectivity index (χ4n) is 2.19. The largest absolute Gasteiger partial charge is 0.493 e. The number of methoxy groups -OCH3 is 2. The summed E-state index contributed by atoms with van der Waals surface area (Å²) in [6.07, 6.45) is 1.37. The van der Waals surface area contributed by atoms with Gasteiger partial charge >= 0.3 is 11.8 Å². The number of benzene rings is 2. The van der Waals surface area contributed by atoms with E-state index in [1.54, 1.807) is 30.3 Å². The van der Waals surface area contributed by atoms with Crippen LogP contribution in [-0.4, -0.2) is 45.4 Å². The molecule has 0 aromatic heterocycles. The predicted molar refractivity (Wildman–Crippen MR) is 104 cm³/mol. The number of rotatable bonds is 9. The molecule has 0 aliphatic rings. The third kappa shape index (κ3) is 7.23. The summed E-state index contributed by atoms with van der Waals surface area (Å²) in [5, 5.41) is 6.13. The number of amides is 2. The second kappa shape index (κ2) is 11.4. The molecule has 2 amide bonds. The van der Waals surface area contributed by atoms with E-state index in [1.807, 2.05) is 0 Å². The quantitative estimate of drug-likeness (QED) is 0.287. The smallest absolute Gasteiger partial charge is 0.329 e. The Morgan fingerprint density at radius 3 is 2.52 bits per heavy atom. The summed E-state index contributed by atoms with van der Waals surface area (Å²) in [6, 6.07) is 11.0. The van der Waals surface area contributed by atoms with Crippen LogP contribution in [0, 0.1) is 5.82 Å². The van der Waals surface area contributed by atoms with Gasteiger partial charge in [-0.25, -0.2) is 9.82 Å². The van der Waals surface area contributed by atoms with Crippen LogP contribution in [0.4, 0.5) is 4.39 Å². The molecule has 8 nitrogen and oxygen atoms in total. The number of nitrogens with one attached hydrogen (secondary N) is 2. The number of hydrogen-bond donors (Lipinski definition) is 2. The van der Waals surface area contributed by atoms with Crippen molar-refractivity contribution in [2.24, 2.45) is 5.10 Å². The first-order chi connectivity index (χ1) is 14.0. The lowest BCUT2D eigenvalue weighted by Crippen LogP contribution is -2.39. The zero-order chi connectivity index (χ0) is 21.1. The molecule has 0 aliphatic heterocycles. The van der Waals surface area contributed by atoms with E-state index >= 15 is 0 Å². The van der Waals surface area contributed by atoms with Crippen LogP contribution >= 0.6 is 0 Å². The normalized spacial score (nSPS) is 10.6. The van der Waals surface area contributed by atoms with Crippen molar-refractivity contribution in [3.05, 3.63) is 59.4 Å². The zero-order valence-electron chi connectivity index (χ0n) is 16.1. The monoisotopic (exact) mass is 403 g/mol. The Labute approximate surface area is 167 Å². The molecule has 0 saturated heterocycles. The van der Waals surface area contributed by atoms with Gasteiger partial charge in [0.05, 0.1) is 19.9 Å². The second-order valence-electron chi connectivity index (χ2n) is 5.77. The van der Waals surface area contributed by atoms with Gasteiger partial charge in [-0.2, -0.15) is 5.10 Å². The lowest BCUT2D eigenvalue weighted by molar-refractivity contribution is -0.139. The summed E-state index contributed by atoms with van der Waals surface area (Å²) in [5.74, 6) is -1.05. The van der Waals surface area contributed by atoms with E-state index in [1.165, 1.54) is 32.6 Å². The molecule has 9 heteroatoms. The van der Waals surface area contributed by atoms with Gasteiger partial charge in [-0.1, -0.05) is 12.1 Å². The first kappa shape index (κ1) is 21.8. The predicted octanol–water partition coefficient (Wildman–Crippen LogP) is 1.63. The van der Waals surface area contributed by atoms with Crippen LogP contribution in [-0.2, 0) is 20.9 Å². The topological polar surface area (TPSA) is 98.2 Å². The fraction of sp³-hybridized carbons (Fsp3) is 0.250. The van der Waals surface area contributed by atoms with Crippen molar-refractivity contribution in [2.45, 2.75) is 6.61 Å². The first-order valence-electron chi connectivity index (χ1n) is 8.69. The molecule has 0 bridgehead atoms. The Kier molecular flexibility index (Phi) is 8.58. The number of nitrogens with zero attached hydrogens (tertiary/aromatic N) is 1. The highest BCUT2D eigenvalue weighted by Gasteiger charge is 2.11. The lowest BCUT2D eigenvalue weighted by atomic mass is 10.2. The second-order valence-corrected chi connectivity index (χ2v) is 5.77. The van der Waals surface area contributed by atoms with E-state index in [2.05, 4.69) is 15.8 Å². The van der Waals surface area contributed by atoms with Crippen LogP contribution in [0.15, 0.2) is 47.6 Å². The van der Waals surface area contributed by atoms with Crippen molar-refractivity contribution < 1.29 is 28.2 Å². The zero-order valence-corrected chi connectivity index (χ0v) is 16.1. The molecule has 0 heterocycles. The highest BCUT2D eigenvalue weighted by molar-refractivity contribution is 6.35. The molecule has 2 N–H and O–H groups in total. The summed E-state index contributed by atoms with van der Waals surface area (Å²) in [4.78, 5) is 23.1. The fourth-order valence-corrected chi connectivity index (χ4v) is 2.19. The van der Waals surface area contributed by atoms with Crippen LogP contribution in [0.2, 0.25) is 0 Å². The molecule has 0 aliphatic carbocycles. The van der Waals surface area contributed by atoms with Crippen LogP contribution < -0.4 is 20.2 Å². The first-order valence-corrected chi connectivity index (χ1v) is 8.69. The number of hydrogen-bond acceptors (Lipinski definition) is 6. The Bertz CT molecular complexity index is 856. The minimum atomic E-state index is -0.886. The summed E-state index contributed by atoms with van der Waals surface area (Å²) in [7, 11) is 2.98. The minimum absolute atomic E-state index is 0.225. The van der Waals surface area contributed by atoms with E-state index in [-0.39, 0.29) is 19.0 Å². The molecular weight excluding hydrogens is 381 g/mol. The van der Waals surface area contributed by atoms with Crippen LogP contribution in [0.3, 0.4) is 0 Å². The highest BCUT2D eigenvalue weighted by atomic mass is 19.1. The van der Waals surface area contributed by atoms with Crippen molar-refractivity contribution in [3.63, 3.8) is 0 Å². The number of ether oxygens (including phenoxy) is 3. The maximum absolute atomic E-state index is 13.0. The highest BCUT2D eigenvalue weighted by Crippen LogP contribution is 2.28. The Morgan fingerprint density at radius 1 is 1.07 bits per heavy atom. The van der Waals surface area contributed by atoms with Gasteiger partial charge in [0.25, 0.3) is 0 Å². The molecule has 0 radical (unpaired) electrons. The Hall–Kier alpha value is -3.46. The van der Waals surface area contributed by atoms with Crippen molar-refractivity contribution in [1.29, 1.82) is 0 Å². The maximum Gasteiger partial charge on any atom is 0.329 e. The summed E-state index contributed by atoms with van der Waals surface area (Å²) >= 11 is 0. The van der Waals surface area contributed by atoms with Gasteiger partial charge in [-0.15, -0.1) is 0 Å². The van der Waals surface area contributed by atoms with Gasteiger partial charge in [-0.3, -0.25) is 9.59 Å². The summed E-state index contributed by atoms with van der Waals surface area (Å²) < 4.78 is 28.7. The van der Waals surface area contributed by atoms with Crippen LogP contribution in [0.1, 0.15) is 11.1 Å². The average Bonchev–Trinajstić information content (AvgIpc) is 2.73. The molecule has 0 unspecified atom stereocenters. The standard InChI is InChI=1S/C20H22FN3O5/c1-27-10-9-22-19(25)20(26)24-23-12-15-5-8-17(18(11-15)28-2)29-13-14-3-6-16(21)7-4-14/h3-8,11-12H,9-10,13H2,1-2H3,(H,22,25)(H,24,26)/b23-12-. The molecule has 2 aromatic carbocycles. The number of carbonyl (C=O) groups excluding carboxylic acids is 2. The van der Waals surface area contributed by atoms with Gasteiger partial charge in [0.15, 0.2) is 11.5 Å². The molecular formula is C20H22FN3O5. The number of carbonyl (C=O) groups is 2. The van der Waals surface area contributed by atoms with E-state index in [4.69, 9.17) is 14.2 Å². The third-order valence-corrected chi connectivity index (χ3v) is 3.67. The SMILES string of the molecule is COCCNC(=O)C(=O)N/N=C\c1ccc(OCc2ccc(F)cc2)c(OC)c1. The van der Waals surface area contributed by atoms with E-state index in [0.717, 1.165) is 5.56 Å². The molecule has 0 atom stereocenters. The van der Waals surface area contributed by atoms with E-state index < -0.39 is 11.8 Å². The van der Waals surface area contributed by atoms with Gasteiger partial charge in [-0.05, 0) is 41.5 Å². The van der Waals surface area contributed by atoms with Crippen molar-refractivity contribution in [2.75, 3.05) is 27.4 Å². The van der Waals surface area contributed by atoms with Crippen LogP contribution in [0.25, 0.3) is 0 Å². The lowest BCUT2D eigenvalue weighted by Gasteiger charge is -2.11. The van der Waals surface area contributed by atoms with E-state index in [0.29, 0.717) is 23.7 Å². The number of hydrazone groups is 1. The van der Waals surface area contributed by atoms with Gasteiger partial charge < -0.3 is 19.5 Å². The molecule has 154 valence electrons. The molecule has 0 saturated carbocycles. The Balaban J connectivity index is 1.91. The van der Waals surface area contributed by atoms with Crippen molar-refractivity contribution in [3.8, 4) is 11.5 Å². The van der Waals surface area contributed by atoms with E-state index in [9.17, 15) is 14.0 Å². The summed E-state index contributed by atoms with van der Waals surface area (Å²) in [5.41, 5.74) is 3.57. The van der Waals surface area contributed by atoms with Gasteiger partial charge in [0.1, 0.15) is 12.4 Å².